The normalized spacial score (nSPS) is 12.1. The van der Waals surface area contributed by atoms with Crippen molar-refractivity contribution >= 4 is 34.7 Å². The van der Waals surface area contributed by atoms with Gasteiger partial charge in [0.1, 0.15) is 11.3 Å². The molecule has 0 aliphatic heterocycles. The number of carboxylic acid groups (broad SMARTS) is 1. The highest BCUT2D eigenvalue weighted by molar-refractivity contribution is 7.99. The van der Waals surface area contributed by atoms with Gasteiger partial charge in [-0.3, -0.25) is 9.59 Å². The van der Waals surface area contributed by atoms with Crippen LogP contribution >= 0.6 is 11.8 Å². The standard InChI is InChI=1S/C21H22N2O5S/c1-13(2)27-15-9-7-14(8-10-15)17(11-20(25)26)22-19(24)12-29-21-23-16-5-3-4-6-18(16)28-21/h3-10,13,17H,11-12H2,1-2H3,(H,22,24)(H,25,26). The minimum absolute atomic E-state index is 0.0410. The molecule has 0 radical (unpaired) electrons. The van der Waals surface area contributed by atoms with Crippen molar-refractivity contribution in [3.05, 3.63) is 54.1 Å². The quantitative estimate of drug-likeness (QED) is 0.510. The SMILES string of the molecule is CC(C)Oc1ccc(C(CC(=O)O)NC(=O)CSc2nc3ccccc3o2)cc1. The van der Waals surface area contributed by atoms with E-state index in [2.05, 4.69) is 10.3 Å². The van der Waals surface area contributed by atoms with Gasteiger partial charge in [-0.1, -0.05) is 36.0 Å². The number of carbonyl (C=O) groups excluding carboxylic acids is 1. The Kier molecular flexibility index (Phi) is 6.77. The molecule has 29 heavy (non-hydrogen) atoms. The van der Waals surface area contributed by atoms with Crippen LogP contribution in [-0.4, -0.2) is 33.8 Å². The summed E-state index contributed by atoms with van der Waals surface area (Å²) < 4.78 is 11.2. The Morgan fingerprint density at radius 2 is 1.90 bits per heavy atom. The molecule has 1 unspecified atom stereocenters. The molecule has 0 aliphatic rings. The number of amides is 1. The maximum Gasteiger partial charge on any atom is 0.305 e. The molecule has 8 heteroatoms. The van der Waals surface area contributed by atoms with Crippen molar-refractivity contribution in [2.24, 2.45) is 0 Å². The summed E-state index contributed by atoms with van der Waals surface area (Å²) in [6.07, 6.45) is -0.178. The van der Waals surface area contributed by atoms with E-state index in [9.17, 15) is 14.7 Å². The Hall–Kier alpha value is -3.00. The van der Waals surface area contributed by atoms with Crippen LogP contribution in [0.5, 0.6) is 5.75 Å². The van der Waals surface area contributed by atoms with Crippen molar-refractivity contribution < 1.29 is 23.8 Å². The van der Waals surface area contributed by atoms with Gasteiger partial charge in [-0.05, 0) is 43.7 Å². The fourth-order valence-electron chi connectivity index (χ4n) is 2.75. The van der Waals surface area contributed by atoms with Gasteiger partial charge in [0, 0.05) is 0 Å². The molecular weight excluding hydrogens is 392 g/mol. The first-order valence-corrected chi connectivity index (χ1v) is 10.2. The Morgan fingerprint density at radius 3 is 2.55 bits per heavy atom. The zero-order chi connectivity index (χ0) is 20.8. The number of carbonyl (C=O) groups is 2. The highest BCUT2D eigenvalue weighted by Gasteiger charge is 2.19. The molecule has 152 valence electrons. The van der Waals surface area contributed by atoms with Gasteiger partial charge >= 0.3 is 5.97 Å². The first-order valence-electron chi connectivity index (χ1n) is 9.17. The molecule has 0 aliphatic carbocycles. The molecule has 2 aromatic carbocycles. The van der Waals surface area contributed by atoms with Crippen molar-refractivity contribution in [1.29, 1.82) is 0 Å². The highest BCUT2D eigenvalue weighted by Crippen LogP contribution is 2.24. The molecule has 3 aromatic rings. The van der Waals surface area contributed by atoms with Gasteiger partial charge in [0.15, 0.2) is 5.58 Å². The fourth-order valence-corrected chi connectivity index (χ4v) is 3.40. The minimum atomic E-state index is -0.996. The van der Waals surface area contributed by atoms with Crippen LogP contribution in [0, 0.1) is 0 Å². The van der Waals surface area contributed by atoms with Crippen molar-refractivity contribution in [1.82, 2.24) is 10.3 Å². The molecule has 0 saturated carbocycles. The maximum absolute atomic E-state index is 12.4. The second-order valence-corrected chi connectivity index (χ2v) is 7.62. The van der Waals surface area contributed by atoms with Crippen LogP contribution < -0.4 is 10.1 Å². The van der Waals surface area contributed by atoms with Gasteiger partial charge in [-0.15, -0.1) is 0 Å². The zero-order valence-electron chi connectivity index (χ0n) is 16.1. The molecule has 1 amide bonds. The van der Waals surface area contributed by atoms with Gasteiger partial charge < -0.3 is 19.6 Å². The van der Waals surface area contributed by atoms with Crippen molar-refractivity contribution in [2.45, 2.75) is 37.6 Å². The second kappa shape index (κ2) is 9.47. The van der Waals surface area contributed by atoms with E-state index in [1.807, 2.05) is 38.1 Å². The largest absolute Gasteiger partial charge is 0.491 e. The van der Waals surface area contributed by atoms with E-state index in [1.165, 1.54) is 0 Å². The molecule has 0 saturated heterocycles. The predicted octanol–water partition coefficient (Wildman–Crippen LogP) is 4.04. The molecule has 2 N–H and O–H groups in total. The summed E-state index contributed by atoms with van der Waals surface area (Å²) in [5, 5.41) is 12.4. The van der Waals surface area contributed by atoms with Gasteiger partial charge in [0.05, 0.1) is 24.3 Å². The molecule has 1 heterocycles. The first kappa shape index (κ1) is 20.7. The molecule has 1 aromatic heterocycles. The number of ether oxygens (including phenoxy) is 1. The topological polar surface area (TPSA) is 102 Å². The van der Waals surface area contributed by atoms with E-state index in [1.54, 1.807) is 24.3 Å². The Labute approximate surface area is 172 Å². The summed E-state index contributed by atoms with van der Waals surface area (Å²) in [4.78, 5) is 28.0. The number of carboxylic acids is 1. The number of para-hydroxylation sites is 2. The molecule has 1 atom stereocenters. The fraction of sp³-hybridized carbons (Fsp3) is 0.286. The number of rotatable bonds is 9. The summed E-state index contributed by atoms with van der Waals surface area (Å²) in [5.74, 6) is -0.539. The monoisotopic (exact) mass is 414 g/mol. The predicted molar refractivity (Wildman–Crippen MR) is 110 cm³/mol. The minimum Gasteiger partial charge on any atom is -0.491 e. The molecule has 0 spiro atoms. The van der Waals surface area contributed by atoms with E-state index in [0.29, 0.717) is 22.1 Å². The van der Waals surface area contributed by atoms with Gasteiger partial charge in [-0.2, -0.15) is 0 Å². The lowest BCUT2D eigenvalue weighted by Gasteiger charge is -2.18. The Morgan fingerprint density at radius 1 is 1.17 bits per heavy atom. The van der Waals surface area contributed by atoms with Crippen LogP contribution in [0.2, 0.25) is 0 Å². The smallest absolute Gasteiger partial charge is 0.305 e. The average Bonchev–Trinajstić information content (AvgIpc) is 3.09. The van der Waals surface area contributed by atoms with E-state index in [0.717, 1.165) is 17.3 Å². The van der Waals surface area contributed by atoms with Gasteiger partial charge in [-0.25, -0.2) is 4.98 Å². The number of oxazole rings is 1. The third-order valence-electron chi connectivity index (χ3n) is 3.97. The number of thioether (sulfide) groups is 1. The van der Waals surface area contributed by atoms with Crippen LogP contribution in [0.25, 0.3) is 11.1 Å². The van der Waals surface area contributed by atoms with Crippen LogP contribution in [0.3, 0.4) is 0 Å². The van der Waals surface area contributed by atoms with Gasteiger partial charge in [0.25, 0.3) is 5.22 Å². The van der Waals surface area contributed by atoms with Crippen molar-refractivity contribution in [2.75, 3.05) is 5.75 Å². The second-order valence-electron chi connectivity index (χ2n) is 6.69. The first-order chi connectivity index (χ1) is 13.9. The molecule has 0 fully saturated rings. The number of nitrogens with one attached hydrogen (secondary N) is 1. The summed E-state index contributed by atoms with van der Waals surface area (Å²) in [6.45, 7) is 3.85. The molecular formula is C21H22N2O5S. The summed E-state index contributed by atoms with van der Waals surface area (Å²) >= 11 is 1.16. The van der Waals surface area contributed by atoms with Crippen molar-refractivity contribution in [3.8, 4) is 5.75 Å². The number of nitrogens with zero attached hydrogens (tertiary/aromatic N) is 1. The number of aliphatic carboxylic acids is 1. The number of benzene rings is 2. The van der Waals surface area contributed by atoms with Crippen LogP contribution in [0.15, 0.2) is 58.2 Å². The molecule has 0 bridgehead atoms. The number of hydrogen-bond acceptors (Lipinski definition) is 6. The lowest BCUT2D eigenvalue weighted by atomic mass is 10.0. The Balaban J connectivity index is 1.62. The highest BCUT2D eigenvalue weighted by atomic mass is 32.2. The number of aromatic nitrogens is 1. The van der Waals surface area contributed by atoms with E-state index >= 15 is 0 Å². The van der Waals surface area contributed by atoms with E-state index in [4.69, 9.17) is 9.15 Å². The molecule has 7 nitrogen and oxygen atoms in total. The maximum atomic E-state index is 12.4. The third kappa shape index (κ3) is 5.99. The summed E-state index contributed by atoms with van der Waals surface area (Å²) in [7, 11) is 0. The lowest BCUT2D eigenvalue weighted by Crippen LogP contribution is -2.31. The van der Waals surface area contributed by atoms with Crippen LogP contribution in [0.4, 0.5) is 0 Å². The molecule has 3 rings (SSSR count). The van der Waals surface area contributed by atoms with Crippen molar-refractivity contribution in [3.63, 3.8) is 0 Å². The van der Waals surface area contributed by atoms with Crippen LogP contribution in [0.1, 0.15) is 31.9 Å². The third-order valence-corrected chi connectivity index (χ3v) is 4.80. The number of fused-ring (bicyclic) bond motifs is 1. The summed E-state index contributed by atoms with van der Waals surface area (Å²) in [5.41, 5.74) is 2.08. The lowest BCUT2D eigenvalue weighted by molar-refractivity contribution is -0.137. The zero-order valence-corrected chi connectivity index (χ0v) is 16.9. The van der Waals surface area contributed by atoms with Gasteiger partial charge in [0.2, 0.25) is 5.91 Å². The van der Waals surface area contributed by atoms with Crippen LogP contribution in [-0.2, 0) is 9.59 Å². The van der Waals surface area contributed by atoms with E-state index in [-0.39, 0.29) is 24.2 Å². The Bertz CT molecular complexity index is 951. The van der Waals surface area contributed by atoms with E-state index < -0.39 is 12.0 Å². The average molecular weight is 414 g/mol. The summed E-state index contributed by atoms with van der Waals surface area (Å²) in [6, 6.07) is 13.8. The number of hydrogen-bond donors (Lipinski definition) is 2.